The van der Waals surface area contributed by atoms with Gasteiger partial charge < -0.3 is 15.0 Å². The predicted molar refractivity (Wildman–Crippen MR) is 95.1 cm³/mol. The highest BCUT2D eigenvalue weighted by Crippen LogP contribution is 2.23. The van der Waals surface area contributed by atoms with Crippen LogP contribution in [0.4, 0.5) is 13.6 Å². The molecule has 0 bridgehead atoms. The number of imidazole rings is 1. The summed E-state index contributed by atoms with van der Waals surface area (Å²) in [5, 5.41) is 3.07. The number of para-hydroxylation sites is 2. The van der Waals surface area contributed by atoms with Gasteiger partial charge in [-0.05, 0) is 30.7 Å². The van der Waals surface area contributed by atoms with E-state index in [1.165, 1.54) is 13.2 Å². The number of aromatic nitrogens is 2. The number of nitrogens with one attached hydrogen (secondary N) is 3. The first-order valence-corrected chi connectivity index (χ1v) is 8.56. The van der Waals surface area contributed by atoms with Gasteiger partial charge in [0.25, 0.3) is 0 Å². The molecule has 1 heterocycles. The molecule has 1 aromatic heterocycles. The normalized spacial score (nSPS) is 10.7. The van der Waals surface area contributed by atoms with E-state index >= 15 is 0 Å². The van der Waals surface area contributed by atoms with Crippen LogP contribution in [-0.4, -0.2) is 29.7 Å². The number of carbonyl (C=O) groups is 1. The third-order valence-electron chi connectivity index (χ3n) is 3.64. The number of halogens is 2. The minimum Gasteiger partial charge on any atom is -0.494 e. The maximum atomic E-state index is 14.0. The summed E-state index contributed by atoms with van der Waals surface area (Å²) in [5.41, 5.74) is 1.52. The Morgan fingerprint density at radius 2 is 2.08 bits per heavy atom. The highest BCUT2D eigenvalue weighted by molar-refractivity contribution is 7.97. The number of urea groups is 1. The van der Waals surface area contributed by atoms with Crippen LogP contribution in [0.3, 0.4) is 0 Å². The highest BCUT2D eigenvalue weighted by atomic mass is 32.2. The maximum absolute atomic E-state index is 14.0. The number of aromatic amines is 1. The predicted octanol–water partition coefficient (Wildman–Crippen LogP) is 3.40. The van der Waals surface area contributed by atoms with E-state index in [2.05, 4.69) is 20.0 Å². The van der Waals surface area contributed by atoms with Gasteiger partial charge in [0.15, 0.2) is 16.7 Å². The summed E-state index contributed by atoms with van der Waals surface area (Å²) in [4.78, 5) is 19.2. The molecule has 2 amide bonds. The average molecular weight is 378 g/mol. The summed E-state index contributed by atoms with van der Waals surface area (Å²) < 4.78 is 35.1. The maximum Gasteiger partial charge on any atom is 0.325 e. The Morgan fingerprint density at radius 3 is 2.85 bits per heavy atom. The van der Waals surface area contributed by atoms with E-state index in [0.717, 1.165) is 29.0 Å². The molecule has 2 aromatic carbocycles. The lowest BCUT2D eigenvalue weighted by atomic mass is 10.1. The second-order valence-corrected chi connectivity index (χ2v) is 6.11. The first-order valence-electron chi connectivity index (χ1n) is 7.75. The monoisotopic (exact) mass is 378 g/mol. The average Bonchev–Trinajstić information content (AvgIpc) is 3.06. The van der Waals surface area contributed by atoms with Gasteiger partial charge in [-0.15, -0.1) is 0 Å². The van der Waals surface area contributed by atoms with E-state index in [-0.39, 0.29) is 24.3 Å². The van der Waals surface area contributed by atoms with Crippen molar-refractivity contribution in [3.63, 3.8) is 0 Å². The fraction of sp³-hybridized carbons (Fsp3) is 0.176. The summed E-state index contributed by atoms with van der Waals surface area (Å²) in [7, 11) is 1.31. The van der Waals surface area contributed by atoms with Crippen LogP contribution in [0.5, 0.6) is 5.75 Å². The van der Waals surface area contributed by atoms with Gasteiger partial charge in [-0.3, -0.25) is 4.72 Å². The van der Waals surface area contributed by atoms with Crippen molar-refractivity contribution in [2.45, 2.75) is 11.6 Å². The number of hydrogen-bond donors (Lipinski definition) is 3. The first-order chi connectivity index (χ1) is 12.6. The summed E-state index contributed by atoms with van der Waals surface area (Å²) in [6.45, 7) is 0.0630. The lowest BCUT2D eigenvalue weighted by Crippen LogP contribution is -2.33. The smallest absolute Gasteiger partial charge is 0.325 e. The molecule has 6 nitrogen and oxygen atoms in total. The Kier molecular flexibility index (Phi) is 5.57. The Balaban J connectivity index is 1.50. The molecule has 9 heteroatoms. The van der Waals surface area contributed by atoms with E-state index in [4.69, 9.17) is 4.74 Å². The van der Waals surface area contributed by atoms with Crippen LogP contribution in [0, 0.1) is 11.6 Å². The number of ether oxygens (including phenoxy) is 1. The van der Waals surface area contributed by atoms with Crippen molar-refractivity contribution in [3.05, 3.63) is 53.6 Å². The summed E-state index contributed by atoms with van der Waals surface area (Å²) in [6.07, 6.45) is -0.00239. The lowest BCUT2D eigenvalue weighted by Gasteiger charge is -2.10. The first kappa shape index (κ1) is 18.0. The second-order valence-electron chi connectivity index (χ2n) is 5.31. The molecule has 0 fully saturated rings. The number of hydrogen-bond acceptors (Lipinski definition) is 4. The summed E-state index contributed by atoms with van der Waals surface area (Å²) >= 11 is 1.02. The SMILES string of the molecule is COc1ccc(F)c(CCNC(=O)NSc2nc3ccccc3[nH]2)c1F. The van der Waals surface area contributed by atoms with Crippen molar-refractivity contribution in [1.29, 1.82) is 0 Å². The second kappa shape index (κ2) is 8.05. The molecular weight excluding hydrogens is 362 g/mol. The number of methoxy groups -OCH3 is 1. The van der Waals surface area contributed by atoms with Crippen LogP contribution in [0.2, 0.25) is 0 Å². The zero-order chi connectivity index (χ0) is 18.5. The molecule has 0 radical (unpaired) electrons. The number of benzene rings is 2. The molecule has 3 N–H and O–H groups in total. The molecule has 0 saturated heterocycles. The van der Waals surface area contributed by atoms with Crippen molar-refractivity contribution in [3.8, 4) is 5.75 Å². The Morgan fingerprint density at radius 1 is 1.27 bits per heavy atom. The molecule has 0 aliphatic rings. The molecule has 0 atom stereocenters. The number of rotatable bonds is 6. The van der Waals surface area contributed by atoms with Crippen LogP contribution < -0.4 is 14.8 Å². The zero-order valence-electron chi connectivity index (χ0n) is 13.8. The van der Waals surface area contributed by atoms with Crippen LogP contribution in [0.25, 0.3) is 11.0 Å². The van der Waals surface area contributed by atoms with Gasteiger partial charge >= 0.3 is 6.03 Å². The van der Waals surface area contributed by atoms with Gasteiger partial charge in [0.1, 0.15) is 5.82 Å². The van der Waals surface area contributed by atoms with E-state index in [0.29, 0.717) is 5.16 Å². The van der Waals surface area contributed by atoms with E-state index in [9.17, 15) is 13.6 Å². The van der Waals surface area contributed by atoms with E-state index in [1.54, 1.807) is 0 Å². The van der Waals surface area contributed by atoms with Gasteiger partial charge in [-0.25, -0.2) is 18.6 Å². The van der Waals surface area contributed by atoms with Gasteiger partial charge in [0, 0.05) is 24.1 Å². The topological polar surface area (TPSA) is 79.0 Å². The van der Waals surface area contributed by atoms with E-state index in [1.807, 2.05) is 24.3 Å². The zero-order valence-corrected chi connectivity index (χ0v) is 14.6. The van der Waals surface area contributed by atoms with Gasteiger partial charge in [0.2, 0.25) is 0 Å². The van der Waals surface area contributed by atoms with Crippen molar-refractivity contribution in [2.75, 3.05) is 13.7 Å². The molecule has 3 aromatic rings. The lowest BCUT2D eigenvalue weighted by molar-refractivity contribution is 0.246. The van der Waals surface area contributed by atoms with Crippen molar-refractivity contribution in [1.82, 2.24) is 20.0 Å². The number of carbonyl (C=O) groups excluding carboxylic acids is 1. The highest BCUT2D eigenvalue weighted by Gasteiger charge is 2.14. The minimum absolute atomic E-state index is 0.00239. The van der Waals surface area contributed by atoms with Crippen molar-refractivity contribution < 1.29 is 18.3 Å². The standard InChI is InChI=1S/C17H16F2N4O2S/c1-25-14-7-6-11(18)10(15(14)19)8-9-20-16(24)23-26-17-21-12-4-2-3-5-13(12)22-17/h2-7H,8-9H2,1H3,(H,21,22)(H2,20,23,24). The molecule has 0 spiro atoms. The molecule has 3 rings (SSSR count). The molecular formula is C17H16F2N4O2S. The number of H-pyrrole nitrogens is 1. The van der Waals surface area contributed by atoms with Gasteiger partial charge in [0.05, 0.1) is 18.1 Å². The van der Waals surface area contributed by atoms with Gasteiger partial charge in [-0.2, -0.15) is 0 Å². The molecule has 0 unspecified atom stereocenters. The largest absolute Gasteiger partial charge is 0.494 e. The van der Waals surface area contributed by atoms with Crippen LogP contribution in [-0.2, 0) is 6.42 Å². The molecule has 0 saturated carbocycles. The molecule has 0 aliphatic carbocycles. The summed E-state index contributed by atoms with van der Waals surface area (Å²) in [6, 6.07) is 9.35. The fourth-order valence-electron chi connectivity index (χ4n) is 2.37. The number of nitrogens with zero attached hydrogens (tertiary/aromatic N) is 1. The fourth-order valence-corrected chi connectivity index (χ4v) is 2.94. The van der Waals surface area contributed by atoms with E-state index < -0.39 is 17.7 Å². The number of fused-ring (bicyclic) bond motifs is 1. The molecule has 0 aliphatic heterocycles. The summed E-state index contributed by atoms with van der Waals surface area (Å²) in [5.74, 6) is -1.47. The third-order valence-corrected chi connectivity index (χ3v) is 4.31. The third kappa shape index (κ3) is 4.05. The van der Waals surface area contributed by atoms with Crippen molar-refractivity contribution >= 4 is 29.0 Å². The molecule has 26 heavy (non-hydrogen) atoms. The van der Waals surface area contributed by atoms with Crippen LogP contribution >= 0.6 is 11.9 Å². The Labute approximate surface area is 152 Å². The van der Waals surface area contributed by atoms with Crippen molar-refractivity contribution in [2.24, 2.45) is 0 Å². The Hall–Kier alpha value is -2.81. The van der Waals surface area contributed by atoms with Crippen LogP contribution in [0.1, 0.15) is 5.56 Å². The van der Waals surface area contributed by atoms with Crippen LogP contribution in [0.15, 0.2) is 41.6 Å². The quantitative estimate of drug-likeness (QED) is 0.575. The Bertz CT molecular complexity index is 899. The minimum atomic E-state index is -0.758. The van der Waals surface area contributed by atoms with Gasteiger partial charge in [-0.1, -0.05) is 12.1 Å². The molecule has 136 valence electrons. The number of amides is 2.